The summed E-state index contributed by atoms with van der Waals surface area (Å²) in [6.45, 7) is 1.96. The molecule has 8 heteroatoms. The predicted octanol–water partition coefficient (Wildman–Crippen LogP) is 5.12. The van der Waals surface area contributed by atoms with Gasteiger partial charge in [-0.2, -0.15) is 0 Å². The lowest BCUT2D eigenvalue weighted by Gasteiger charge is -2.01. The van der Waals surface area contributed by atoms with Gasteiger partial charge in [-0.05, 0) is 25.1 Å². The standard InChI is InChI=1S/C20H15N5O2S/c1-12(17-22-23-18(26-17)13-7-3-2-4-8-13)28-20-25-24-19(27-20)15-11-21-16-10-6-5-9-14(15)16/h2-12,21H,1H3/t12-/m0/s1. The predicted molar refractivity (Wildman–Crippen MR) is 106 cm³/mol. The molecule has 0 saturated heterocycles. The van der Waals surface area contributed by atoms with Gasteiger partial charge in [-0.15, -0.1) is 20.4 Å². The summed E-state index contributed by atoms with van der Waals surface area (Å²) in [5, 5.41) is 18.0. The summed E-state index contributed by atoms with van der Waals surface area (Å²) >= 11 is 1.38. The van der Waals surface area contributed by atoms with E-state index in [0.717, 1.165) is 22.0 Å². The molecular weight excluding hydrogens is 374 g/mol. The molecule has 5 aromatic rings. The van der Waals surface area contributed by atoms with Gasteiger partial charge in [0.2, 0.25) is 11.8 Å². The van der Waals surface area contributed by atoms with Crippen LogP contribution in [-0.4, -0.2) is 25.4 Å². The number of aromatic nitrogens is 5. The quantitative estimate of drug-likeness (QED) is 0.417. The fourth-order valence-corrected chi connectivity index (χ4v) is 3.63. The van der Waals surface area contributed by atoms with E-state index in [4.69, 9.17) is 8.83 Å². The van der Waals surface area contributed by atoms with Gasteiger partial charge in [0.25, 0.3) is 11.1 Å². The first kappa shape index (κ1) is 16.8. The number of H-pyrrole nitrogens is 1. The fraction of sp³-hybridized carbons (Fsp3) is 0.100. The Labute approximate surface area is 164 Å². The molecule has 0 aliphatic heterocycles. The second-order valence-corrected chi connectivity index (χ2v) is 7.48. The smallest absolute Gasteiger partial charge is 0.277 e. The van der Waals surface area contributed by atoms with Crippen molar-refractivity contribution in [3.8, 4) is 22.9 Å². The molecule has 5 rings (SSSR count). The molecule has 1 N–H and O–H groups in total. The Morgan fingerprint density at radius 2 is 1.64 bits per heavy atom. The summed E-state index contributed by atoms with van der Waals surface area (Å²) in [4.78, 5) is 3.21. The largest absolute Gasteiger partial charge is 0.419 e. The Balaban J connectivity index is 1.35. The van der Waals surface area contributed by atoms with Crippen LogP contribution < -0.4 is 0 Å². The van der Waals surface area contributed by atoms with Crippen molar-refractivity contribution in [2.75, 3.05) is 0 Å². The lowest BCUT2D eigenvalue weighted by Crippen LogP contribution is -1.88. The third-order valence-electron chi connectivity index (χ3n) is 4.31. The molecule has 0 aliphatic rings. The minimum atomic E-state index is -0.124. The Hall–Kier alpha value is -3.39. The van der Waals surface area contributed by atoms with Crippen LogP contribution >= 0.6 is 11.8 Å². The first-order valence-corrected chi connectivity index (χ1v) is 9.61. The second kappa shape index (κ2) is 6.97. The van der Waals surface area contributed by atoms with Crippen LogP contribution in [0, 0.1) is 0 Å². The number of hydrogen-bond donors (Lipinski definition) is 1. The van der Waals surface area contributed by atoms with Crippen LogP contribution in [-0.2, 0) is 0 Å². The molecule has 7 nitrogen and oxygen atoms in total. The Morgan fingerprint density at radius 1 is 0.857 bits per heavy atom. The molecule has 0 unspecified atom stereocenters. The number of hydrogen-bond acceptors (Lipinski definition) is 7. The summed E-state index contributed by atoms with van der Waals surface area (Å²) in [7, 11) is 0. The highest BCUT2D eigenvalue weighted by molar-refractivity contribution is 7.99. The highest BCUT2D eigenvalue weighted by Gasteiger charge is 2.20. The monoisotopic (exact) mass is 389 g/mol. The molecule has 0 radical (unpaired) electrons. The van der Waals surface area contributed by atoms with Crippen LogP contribution in [0.2, 0.25) is 0 Å². The van der Waals surface area contributed by atoms with Crippen molar-refractivity contribution < 1.29 is 8.83 Å². The van der Waals surface area contributed by atoms with Crippen molar-refractivity contribution in [1.82, 2.24) is 25.4 Å². The van der Waals surface area contributed by atoms with Crippen molar-refractivity contribution in [2.24, 2.45) is 0 Å². The maximum absolute atomic E-state index is 5.85. The van der Waals surface area contributed by atoms with E-state index >= 15 is 0 Å². The van der Waals surface area contributed by atoms with Gasteiger partial charge >= 0.3 is 0 Å². The van der Waals surface area contributed by atoms with Gasteiger partial charge in [-0.1, -0.05) is 48.2 Å². The van der Waals surface area contributed by atoms with Crippen LogP contribution in [0.5, 0.6) is 0 Å². The zero-order valence-corrected chi connectivity index (χ0v) is 15.7. The molecule has 28 heavy (non-hydrogen) atoms. The minimum absolute atomic E-state index is 0.124. The van der Waals surface area contributed by atoms with Crippen molar-refractivity contribution in [2.45, 2.75) is 17.4 Å². The number of fused-ring (bicyclic) bond motifs is 1. The topological polar surface area (TPSA) is 93.6 Å². The molecule has 0 bridgehead atoms. The van der Waals surface area contributed by atoms with Gasteiger partial charge < -0.3 is 13.8 Å². The van der Waals surface area contributed by atoms with E-state index in [1.807, 2.05) is 67.7 Å². The summed E-state index contributed by atoms with van der Waals surface area (Å²) in [5.74, 6) is 1.48. The number of aromatic amines is 1. The van der Waals surface area contributed by atoms with E-state index in [-0.39, 0.29) is 5.25 Å². The highest BCUT2D eigenvalue weighted by Crippen LogP contribution is 2.36. The first-order valence-electron chi connectivity index (χ1n) is 8.73. The van der Waals surface area contributed by atoms with E-state index in [1.54, 1.807) is 0 Å². The maximum Gasteiger partial charge on any atom is 0.277 e. The third kappa shape index (κ3) is 3.07. The molecular formula is C20H15N5O2S. The van der Waals surface area contributed by atoms with Gasteiger partial charge in [-0.3, -0.25) is 0 Å². The average molecular weight is 389 g/mol. The zero-order chi connectivity index (χ0) is 18.9. The van der Waals surface area contributed by atoms with Crippen molar-refractivity contribution in [3.63, 3.8) is 0 Å². The van der Waals surface area contributed by atoms with Crippen molar-refractivity contribution in [1.29, 1.82) is 0 Å². The van der Waals surface area contributed by atoms with Crippen molar-refractivity contribution in [3.05, 3.63) is 66.7 Å². The van der Waals surface area contributed by atoms with Crippen LogP contribution in [0.15, 0.2) is 74.9 Å². The molecule has 0 aliphatic carbocycles. The number of nitrogens with zero attached hydrogens (tertiary/aromatic N) is 4. The molecule has 2 aromatic carbocycles. The normalized spacial score (nSPS) is 12.5. The summed E-state index contributed by atoms with van der Waals surface area (Å²) in [5.41, 5.74) is 2.79. The first-order chi connectivity index (χ1) is 13.8. The van der Waals surface area contributed by atoms with Crippen molar-refractivity contribution >= 4 is 22.7 Å². The van der Waals surface area contributed by atoms with Gasteiger partial charge in [0, 0.05) is 22.7 Å². The second-order valence-electron chi connectivity index (χ2n) is 6.19. The van der Waals surface area contributed by atoms with E-state index in [2.05, 4.69) is 25.4 Å². The number of rotatable bonds is 5. The van der Waals surface area contributed by atoms with E-state index < -0.39 is 0 Å². The Morgan fingerprint density at radius 3 is 2.54 bits per heavy atom. The van der Waals surface area contributed by atoms with E-state index in [1.165, 1.54) is 11.8 Å². The highest BCUT2D eigenvalue weighted by atomic mass is 32.2. The molecule has 3 aromatic heterocycles. The average Bonchev–Trinajstić information content (AvgIpc) is 3.47. The van der Waals surface area contributed by atoms with Gasteiger partial charge in [0.05, 0.1) is 10.8 Å². The van der Waals surface area contributed by atoms with Gasteiger partial charge in [-0.25, -0.2) is 0 Å². The minimum Gasteiger partial charge on any atom is -0.419 e. The van der Waals surface area contributed by atoms with Crippen LogP contribution in [0.1, 0.15) is 18.1 Å². The SMILES string of the molecule is C[C@H](Sc1nnc(-c2c[nH]c3ccccc23)o1)c1nnc(-c2ccccc2)o1. The third-order valence-corrected chi connectivity index (χ3v) is 5.23. The zero-order valence-electron chi connectivity index (χ0n) is 14.9. The maximum atomic E-state index is 5.85. The lowest BCUT2D eigenvalue weighted by atomic mass is 10.2. The molecule has 3 heterocycles. The fourth-order valence-electron chi connectivity index (χ4n) is 2.91. The van der Waals surface area contributed by atoms with Gasteiger partial charge in [0.1, 0.15) is 0 Å². The van der Waals surface area contributed by atoms with Crippen LogP contribution in [0.3, 0.4) is 0 Å². The Bertz CT molecular complexity index is 1230. The number of para-hydroxylation sites is 1. The number of thioether (sulfide) groups is 1. The van der Waals surface area contributed by atoms with Gasteiger partial charge in [0.15, 0.2) is 0 Å². The summed E-state index contributed by atoms with van der Waals surface area (Å²) in [6.07, 6.45) is 1.88. The van der Waals surface area contributed by atoms with Crippen LogP contribution in [0.4, 0.5) is 0 Å². The lowest BCUT2D eigenvalue weighted by molar-refractivity contribution is 0.461. The number of benzene rings is 2. The van der Waals surface area contributed by atoms with E-state index in [0.29, 0.717) is 22.9 Å². The molecule has 0 saturated carbocycles. The summed E-state index contributed by atoms with van der Waals surface area (Å²) < 4.78 is 11.7. The van der Waals surface area contributed by atoms with E-state index in [9.17, 15) is 0 Å². The molecule has 0 spiro atoms. The molecule has 1 atom stereocenters. The molecule has 0 amide bonds. The van der Waals surface area contributed by atoms with Crippen LogP contribution in [0.25, 0.3) is 33.8 Å². The number of nitrogens with one attached hydrogen (secondary N) is 1. The molecule has 0 fully saturated rings. The Kier molecular flexibility index (Phi) is 4.17. The summed E-state index contributed by atoms with van der Waals surface area (Å²) in [6, 6.07) is 17.7. The molecule has 138 valence electrons.